The second-order valence-corrected chi connectivity index (χ2v) is 4.54. The molecule has 0 aliphatic rings. The van der Waals surface area contributed by atoms with Gasteiger partial charge < -0.3 is 14.8 Å². The monoisotopic (exact) mass is 272 g/mol. The minimum absolute atomic E-state index is 0.611. The number of methoxy groups -OCH3 is 1. The summed E-state index contributed by atoms with van der Waals surface area (Å²) in [6, 6.07) is 11.8. The Kier molecular flexibility index (Phi) is 5.53. The minimum Gasteiger partial charge on any atom is -0.439 e. The highest BCUT2D eigenvalue weighted by atomic mass is 16.5. The van der Waals surface area contributed by atoms with E-state index < -0.39 is 0 Å². The fourth-order valence-corrected chi connectivity index (χ4v) is 1.77. The van der Waals surface area contributed by atoms with Gasteiger partial charge in [0.1, 0.15) is 5.75 Å². The molecule has 0 radical (unpaired) electrons. The summed E-state index contributed by atoms with van der Waals surface area (Å²) in [7, 11) is 1.70. The van der Waals surface area contributed by atoms with Gasteiger partial charge >= 0.3 is 0 Å². The van der Waals surface area contributed by atoms with Crippen LogP contribution in [0, 0.1) is 6.92 Å². The maximum Gasteiger partial charge on any atom is 0.219 e. The number of aromatic nitrogens is 1. The molecule has 0 fully saturated rings. The van der Waals surface area contributed by atoms with Crippen molar-refractivity contribution in [2.24, 2.45) is 0 Å². The lowest BCUT2D eigenvalue weighted by molar-refractivity contribution is 0.199. The molecule has 1 N–H and O–H groups in total. The molecule has 106 valence electrons. The number of nitrogens with zero attached hydrogens (tertiary/aromatic N) is 1. The van der Waals surface area contributed by atoms with Crippen LogP contribution in [0.15, 0.2) is 42.6 Å². The van der Waals surface area contributed by atoms with Gasteiger partial charge in [-0.1, -0.05) is 24.3 Å². The average molecular weight is 272 g/mol. The summed E-state index contributed by atoms with van der Waals surface area (Å²) in [5.74, 6) is 1.45. The van der Waals surface area contributed by atoms with E-state index in [1.165, 1.54) is 0 Å². The molecule has 2 rings (SSSR count). The van der Waals surface area contributed by atoms with Gasteiger partial charge in [0.05, 0.1) is 6.61 Å². The second kappa shape index (κ2) is 7.62. The molecular weight excluding hydrogens is 252 g/mol. The normalized spacial score (nSPS) is 10.5. The number of ether oxygens (including phenoxy) is 2. The van der Waals surface area contributed by atoms with Crippen LogP contribution in [0.25, 0.3) is 0 Å². The van der Waals surface area contributed by atoms with Gasteiger partial charge in [0.15, 0.2) is 0 Å². The zero-order chi connectivity index (χ0) is 14.2. The van der Waals surface area contributed by atoms with E-state index in [1.54, 1.807) is 7.11 Å². The standard InChI is InChI=1S/C16H20N2O2/c1-13-5-3-4-6-15(13)20-16-8-7-14(12-18-16)11-17-9-10-19-2/h3-8,12,17H,9-11H2,1-2H3. The maximum atomic E-state index is 5.76. The van der Waals surface area contributed by atoms with Crippen molar-refractivity contribution in [3.8, 4) is 11.6 Å². The molecule has 0 spiro atoms. The number of pyridine rings is 1. The van der Waals surface area contributed by atoms with E-state index in [1.807, 2.05) is 49.5 Å². The lowest BCUT2D eigenvalue weighted by Crippen LogP contribution is -2.18. The number of aryl methyl sites for hydroxylation is 1. The highest BCUT2D eigenvalue weighted by Crippen LogP contribution is 2.22. The van der Waals surface area contributed by atoms with Crippen molar-refractivity contribution in [1.29, 1.82) is 0 Å². The van der Waals surface area contributed by atoms with Crippen LogP contribution in [0.2, 0.25) is 0 Å². The van der Waals surface area contributed by atoms with Gasteiger partial charge in [-0.15, -0.1) is 0 Å². The SMILES string of the molecule is COCCNCc1ccc(Oc2ccccc2C)nc1. The third-order valence-electron chi connectivity index (χ3n) is 2.92. The molecule has 0 bridgehead atoms. The first-order chi connectivity index (χ1) is 9.79. The summed E-state index contributed by atoms with van der Waals surface area (Å²) >= 11 is 0. The van der Waals surface area contributed by atoms with Gasteiger partial charge in [0, 0.05) is 32.5 Å². The molecule has 1 aromatic carbocycles. The van der Waals surface area contributed by atoms with Crippen molar-refractivity contribution in [2.75, 3.05) is 20.3 Å². The fourth-order valence-electron chi connectivity index (χ4n) is 1.77. The molecule has 0 atom stereocenters. The average Bonchev–Trinajstić information content (AvgIpc) is 2.48. The van der Waals surface area contributed by atoms with E-state index >= 15 is 0 Å². The van der Waals surface area contributed by atoms with Gasteiger partial charge in [0.25, 0.3) is 0 Å². The van der Waals surface area contributed by atoms with Crippen molar-refractivity contribution in [3.63, 3.8) is 0 Å². The number of hydrogen-bond donors (Lipinski definition) is 1. The highest BCUT2D eigenvalue weighted by Gasteiger charge is 2.01. The number of nitrogens with one attached hydrogen (secondary N) is 1. The predicted octanol–water partition coefficient (Wildman–Crippen LogP) is 2.92. The number of para-hydroxylation sites is 1. The van der Waals surface area contributed by atoms with E-state index in [-0.39, 0.29) is 0 Å². The Hall–Kier alpha value is -1.91. The molecule has 0 saturated heterocycles. The third kappa shape index (κ3) is 4.33. The highest BCUT2D eigenvalue weighted by molar-refractivity contribution is 5.35. The molecule has 1 aromatic heterocycles. The quantitative estimate of drug-likeness (QED) is 0.787. The van der Waals surface area contributed by atoms with Crippen LogP contribution in [0.3, 0.4) is 0 Å². The van der Waals surface area contributed by atoms with E-state index in [0.29, 0.717) is 12.5 Å². The first-order valence-corrected chi connectivity index (χ1v) is 6.67. The summed E-state index contributed by atoms with van der Waals surface area (Å²) in [4.78, 5) is 4.32. The van der Waals surface area contributed by atoms with Crippen molar-refractivity contribution in [3.05, 3.63) is 53.7 Å². The Balaban J connectivity index is 1.90. The smallest absolute Gasteiger partial charge is 0.219 e. The van der Waals surface area contributed by atoms with Gasteiger partial charge in [-0.2, -0.15) is 0 Å². The summed E-state index contributed by atoms with van der Waals surface area (Å²) in [5.41, 5.74) is 2.22. The summed E-state index contributed by atoms with van der Waals surface area (Å²) in [6.07, 6.45) is 1.83. The maximum absolute atomic E-state index is 5.76. The molecule has 0 amide bonds. The molecule has 0 aliphatic carbocycles. The van der Waals surface area contributed by atoms with Crippen LogP contribution in [0.4, 0.5) is 0 Å². The van der Waals surface area contributed by atoms with Crippen LogP contribution in [0.5, 0.6) is 11.6 Å². The zero-order valence-electron chi connectivity index (χ0n) is 11.9. The Morgan fingerprint density at radius 1 is 1.15 bits per heavy atom. The molecule has 2 aromatic rings. The van der Waals surface area contributed by atoms with Gasteiger partial charge in [-0.25, -0.2) is 4.98 Å². The lowest BCUT2D eigenvalue weighted by atomic mass is 10.2. The van der Waals surface area contributed by atoms with E-state index in [4.69, 9.17) is 9.47 Å². The largest absolute Gasteiger partial charge is 0.439 e. The number of hydrogen-bond acceptors (Lipinski definition) is 4. The van der Waals surface area contributed by atoms with Crippen LogP contribution in [-0.2, 0) is 11.3 Å². The first-order valence-electron chi connectivity index (χ1n) is 6.67. The Morgan fingerprint density at radius 2 is 2.00 bits per heavy atom. The van der Waals surface area contributed by atoms with E-state index in [2.05, 4.69) is 10.3 Å². The van der Waals surface area contributed by atoms with Crippen molar-refractivity contribution >= 4 is 0 Å². The summed E-state index contributed by atoms with van der Waals surface area (Å²) in [6.45, 7) is 4.34. The van der Waals surface area contributed by atoms with Gasteiger partial charge in [0.2, 0.25) is 5.88 Å². The summed E-state index contributed by atoms with van der Waals surface area (Å²) in [5, 5.41) is 3.28. The second-order valence-electron chi connectivity index (χ2n) is 4.54. The molecule has 4 heteroatoms. The van der Waals surface area contributed by atoms with Gasteiger partial charge in [-0.3, -0.25) is 0 Å². The topological polar surface area (TPSA) is 43.4 Å². The van der Waals surface area contributed by atoms with Crippen molar-refractivity contribution < 1.29 is 9.47 Å². The molecular formula is C16H20N2O2. The van der Waals surface area contributed by atoms with Crippen LogP contribution in [-0.4, -0.2) is 25.2 Å². The third-order valence-corrected chi connectivity index (χ3v) is 2.92. The number of rotatable bonds is 7. The van der Waals surface area contributed by atoms with Crippen molar-refractivity contribution in [2.45, 2.75) is 13.5 Å². The fraction of sp³-hybridized carbons (Fsp3) is 0.312. The summed E-state index contributed by atoms with van der Waals surface area (Å²) < 4.78 is 10.7. The Labute approximate surface area is 119 Å². The van der Waals surface area contributed by atoms with Crippen LogP contribution in [0.1, 0.15) is 11.1 Å². The van der Waals surface area contributed by atoms with E-state index in [9.17, 15) is 0 Å². The molecule has 20 heavy (non-hydrogen) atoms. The van der Waals surface area contributed by atoms with Crippen LogP contribution < -0.4 is 10.1 Å². The Bertz CT molecular complexity index is 526. The molecule has 0 saturated carbocycles. The van der Waals surface area contributed by atoms with Gasteiger partial charge in [-0.05, 0) is 24.1 Å². The first kappa shape index (κ1) is 14.5. The lowest BCUT2D eigenvalue weighted by Gasteiger charge is -2.08. The van der Waals surface area contributed by atoms with Crippen LogP contribution >= 0.6 is 0 Å². The van der Waals surface area contributed by atoms with Crippen molar-refractivity contribution in [1.82, 2.24) is 10.3 Å². The van der Waals surface area contributed by atoms with E-state index in [0.717, 1.165) is 30.0 Å². The molecule has 0 aliphatic heterocycles. The molecule has 1 heterocycles. The minimum atomic E-state index is 0.611. The predicted molar refractivity (Wildman–Crippen MR) is 79.1 cm³/mol. The zero-order valence-corrected chi connectivity index (χ0v) is 11.9. The molecule has 4 nitrogen and oxygen atoms in total. The molecule has 0 unspecified atom stereocenters. The number of benzene rings is 1. The Morgan fingerprint density at radius 3 is 2.70 bits per heavy atom.